The minimum absolute atomic E-state index is 0.130. The molecule has 0 fully saturated rings. The highest BCUT2D eigenvalue weighted by atomic mass is 16.6. The van der Waals surface area contributed by atoms with Crippen molar-refractivity contribution < 1.29 is 28.6 Å². The molecule has 0 saturated carbocycles. The molecule has 0 N–H and O–H groups in total. The highest BCUT2D eigenvalue weighted by Crippen LogP contribution is 2.09. The van der Waals surface area contributed by atoms with Gasteiger partial charge >= 0.3 is 17.9 Å². The number of rotatable bonds is 41. The Labute approximate surface area is 385 Å². The summed E-state index contributed by atoms with van der Waals surface area (Å²) < 4.78 is 16.5. The molecule has 1 unspecified atom stereocenters. The Bertz CT molecular complexity index is 1460. The van der Waals surface area contributed by atoms with Gasteiger partial charge in [-0.05, 0) is 109 Å². The summed E-state index contributed by atoms with van der Waals surface area (Å²) in [6.07, 6.45) is 71.7. The topological polar surface area (TPSA) is 78.9 Å². The molecule has 0 amide bonds. The number of ether oxygens (including phenoxy) is 3. The van der Waals surface area contributed by atoms with Gasteiger partial charge in [0.15, 0.2) is 6.10 Å². The van der Waals surface area contributed by atoms with Crippen LogP contribution >= 0.6 is 0 Å². The van der Waals surface area contributed by atoms with Gasteiger partial charge in [-0.25, -0.2) is 0 Å². The van der Waals surface area contributed by atoms with Crippen molar-refractivity contribution in [3.8, 4) is 0 Å². The van der Waals surface area contributed by atoms with Gasteiger partial charge in [0, 0.05) is 19.3 Å². The van der Waals surface area contributed by atoms with E-state index in [9.17, 15) is 14.4 Å². The van der Waals surface area contributed by atoms with Crippen molar-refractivity contribution in [1.29, 1.82) is 0 Å². The smallest absolute Gasteiger partial charge is 0.306 e. The maximum absolute atomic E-state index is 12.7. The van der Waals surface area contributed by atoms with E-state index in [0.29, 0.717) is 19.3 Å². The number of allylic oxidation sites excluding steroid dienone is 24. The number of unbranched alkanes of at least 4 members (excludes halogenated alkanes) is 6. The molecule has 0 aromatic rings. The SMILES string of the molecule is CC/C=C\C/C=C\C/C=C\C/C=C\C/C=C\C/C=C\CCCCC(=O)OCC(COC(=O)CCCCCCC)OC(=O)CC/C=C\C/C=C\C/C=C\C/C=C\C/C=C\C/C=C\CC. The van der Waals surface area contributed by atoms with Gasteiger partial charge in [0.1, 0.15) is 13.2 Å². The molecule has 63 heavy (non-hydrogen) atoms. The first-order valence-corrected chi connectivity index (χ1v) is 24.3. The Hall–Kier alpha value is -4.71. The number of hydrogen-bond acceptors (Lipinski definition) is 6. The summed E-state index contributed by atoms with van der Waals surface area (Å²) >= 11 is 0. The molecule has 0 aromatic carbocycles. The van der Waals surface area contributed by atoms with Crippen molar-refractivity contribution >= 4 is 17.9 Å². The molecule has 6 nitrogen and oxygen atoms in total. The lowest BCUT2D eigenvalue weighted by Crippen LogP contribution is -2.30. The normalized spacial score (nSPS) is 13.4. The fraction of sp³-hybridized carbons (Fsp3) is 0.526. The van der Waals surface area contributed by atoms with Crippen molar-refractivity contribution in [1.82, 2.24) is 0 Å². The van der Waals surface area contributed by atoms with Crippen LogP contribution in [-0.4, -0.2) is 37.2 Å². The van der Waals surface area contributed by atoms with E-state index in [1.807, 2.05) is 12.2 Å². The second-order valence-electron chi connectivity index (χ2n) is 15.3. The van der Waals surface area contributed by atoms with Crippen LogP contribution in [0, 0.1) is 0 Å². The zero-order valence-electron chi connectivity index (χ0n) is 39.8. The molecule has 0 rings (SSSR count). The Morgan fingerprint density at radius 1 is 0.333 bits per heavy atom. The zero-order chi connectivity index (χ0) is 45.8. The minimum Gasteiger partial charge on any atom is -0.462 e. The van der Waals surface area contributed by atoms with Gasteiger partial charge in [-0.3, -0.25) is 14.4 Å². The van der Waals surface area contributed by atoms with E-state index in [0.717, 1.165) is 122 Å². The molecule has 0 radical (unpaired) electrons. The van der Waals surface area contributed by atoms with Crippen LogP contribution in [0.3, 0.4) is 0 Å². The van der Waals surface area contributed by atoms with Crippen LogP contribution in [0.1, 0.15) is 175 Å². The van der Waals surface area contributed by atoms with Gasteiger partial charge in [0.2, 0.25) is 0 Å². The molecule has 0 saturated heterocycles. The van der Waals surface area contributed by atoms with Crippen LogP contribution < -0.4 is 0 Å². The van der Waals surface area contributed by atoms with Gasteiger partial charge in [-0.2, -0.15) is 0 Å². The van der Waals surface area contributed by atoms with E-state index in [1.165, 1.54) is 0 Å². The summed E-state index contributed by atoms with van der Waals surface area (Å²) in [6.45, 7) is 6.18. The van der Waals surface area contributed by atoms with Crippen LogP contribution in [-0.2, 0) is 28.6 Å². The van der Waals surface area contributed by atoms with Crippen molar-refractivity contribution in [3.05, 3.63) is 146 Å². The maximum atomic E-state index is 12.7. The highest BCUT2D eigenvalue weighted by molar-refractivity contribution is 5.71. The molecular formula is C57H86O6. The Balaban J connectivity index is 4.43. The van der Waals surface area contributed by atoms with Gasteiger partial charge < -0.3 is 14.2 Å². The molecular weight excluding hydrogens is 781 g/mol. The second-order valence-corrected chi connectivity index (χ2v) is 15.3. The highest BCUT2D eigenvalue weighted by Gasteiger charge is 2.19. The van der Waals surface area contributed by atoms with Crippen LogP contribution in [0.25, 0.3) is 0 Å². The quantitative estimate of drug-likeness (QED) is 0.0264. The fourth-order valence-electron chi connectivity index (χ4n) is 5.76. The third-order valence-electron chi connectivity index (χ3n) is 9.35. The van der Waals surface area contributed by atoms with Gasteiger partial charge in [-0.1, -0.05) is 192 Å². The van der Waals surface area contributed by atoms with Crippen LogP contribution in [0.4, 0.5) is 0 Å². The molecule has 0 heterocycles. The molecule has 0 aliphatic rings. The zero-order valence-corrected chi connectivity index (χ0v) is 39.8. The number of esters is 3. The van der Waals surface area contributed by atoms with Gasteiger partial charge in [0.05, 0.1) is 0 Å². The summed E-state index contributed by atoms with van der Waals surface area (Å²) in [7, 11) is 0. The Morgan fingerprint density at radius 2 is 0.651 bits per heavy atom. The van der Waals surface area contributed by atoms with E-state index in [2.05, 4.69) is 154 Å². The predicted molar refractivity (Wildman–Crippen MR) is 269 cm³/mol. The first kappa shape index (κ1) is 58.3. The largest absolute Gasteiger partial charge is 0.462 e. The summed E-state index contributed by atoms with van der Waals surface area (Å²) in [6, 6.07) is 0. The molecule has 1 atom stereocenters. The molecule has 0 bridgehead atoms. The predicted octanol–water partition coefficient (Wildman–Crippen LogP) is 16.1. The van der Waals surface area contributed by atoms with E-state index in [1.54, 1.807) is 0 Å². The van der Waals surface area contributed by atoms with Gasteiger partial charge in [0.25, 0.3) is 0 Å². The molecule has 0 spiro atoms. The average Bonchev–Trinajstić information content (AvgIpc) is 3.28. The van der Waals surface area contributed by atoms with E-state index in [-0.39, 0.29) is 38.0 Å². The van der Waals surface area contributed by atoms with E-state index in [4.69, 9.17) is 14.2 Å². The van der Waals surface area contributed by atoms with Crippen molar-refractivity contribution in [3.63, 3.8) is 0 Å². The molecule has 6 heteroatoms. The van der Waals surface area contributed by atoms with Crippen LogP contribution in [0.2, 0.25) is 0 Å². The van der Waals surface area contributed by atoms with E-state index < -0.39 is 12.1 Å². The van der Waals surface area contributed by atoms with Crippen molar-refractivity contribution in [2.45, 2.75) is 181 Å². The Morgan fingerprint density at radius 3 is 1.02 bits per heavy atom. The second kappa shape index (κ2) is 49.9. The summed E-state index contributed by atoms with van der Waals surface area (Å²) in [5, 5.41) is 0. The molecule has 0 aromatic heterocycles. The van der Waals surface area contributed by atoms with Crippen LogP contribution in [0.15, 0.2) is 146 Å². The lowest BCUT2D eigenvalue weighted by Gasteiger charge is -2.18. The summed E-state index contributed by atoms with van der Waals surface area (Å²) in [5.74, 6) is -1.09. The van der Waals surface area contributed by atoms with E-state index >= 15 is 0 Å². The first-order valence-electron chi connectivity index (χ1n) is 24.3. The summed E-state index contributed by atoms with van der Waals surface area (Å²) in [5.41, 5.74) is 0. The van der Waals surface area contributed by atoms with Crippen molar-refractivity contribution in [2.75, 3.05) is 13.2 Å². The Kier molecular flexibility index (Phi) is 46.2. The monoisotopic (exact) mass is 867 g/mol. The molecule has 0 aliphatic heterocycles. The summed E-state index contributed by atoms with van der Waals surface area (Å²) in [4.78, 5) is 37.6. The lowest BCUT2D eigenvalue weighted by atomic mass is 10.1. The number of carbonyl (C=O) groups is 3. The first-order chi connectivity index (χ1) is 31.0. The third kappa shape index (κ3) is 48.2. The van der Waals surface area contributed by atoms with Crippen LogP contribution in [0.5, 0.6) is 0 Å². The van der Waals surface area contributed by atoms with Crippen molar-refractivity contribution in [2.24, 2.45) is 0 Å². The third-order valence-corrected chi connectivity index (χ3v) is 9.35. The minimum atomic E-state index is -0.838. The molecule has 0 aliphatic carbocycles. The number of hydrogen-bond donors (Lipinski definition) is 0. The lowest BCUT2D eigenvalue weighted by molar-refractivity contribution is -0.166. The fourth-order valence-corrected chi connectivity index (χ4v) is 5.76. The molecule has 350 valence electrons. The van der Waals surface area contributed by atoms with Gasteiger partial charge in [-0.15, -0.1) is 0 Å². The maximum Gasteiger partial charge on any atom is 0.306 e. The average molecular weight is 867 g/mol. The number of carbonyl (C=O) groups excluding carboxylic acids is 3. The standard InChI is InChI=1S/C57H86O6/c1-4-7-10-13-15-17-19-21-23-25-27-28-30-31-33-35-37-39-41-44-47-50-56(59)62-53-54(52-61-55(58)49-46-43-12-9-6-3)63-57(60)51-48-45-42-40-38-36-34-32-29-26-24-22-20-18-16-14-11-8-5-2/h7-8,10-11,15-18,21-24,27-29,31-33,36-39,42,45,54H,4-6,9,12-14,19-20,25-26,30,34-35,40-41,43-44,46-53H2,1-3H3/b10-7-,11-8-,17-15-,18-16-,23-21-,24-22-,28-27-,32-29-,33-31-,38-36-,39-37-,45-42-.